The van der Waals surface area contributed by atoms with E-state index in [0.29, 0.717) is 6.42 Å². The first-order valence-electron chi connectivity index (χ1n) is 3.30. The summed E-state index contributed by atoms with van der Waals surface area (Å²) in [5, 5.41) is 0. The third kappa shape index (κ3) is 4.14. The standard InChI is InChI=1S/C6H4Br9/c1-2-3(7,8)4(9,10)5(11,12)6(13,14)15/h1-2H2. The quantitative estimate of drug-likeness (QED) is 0.260. The van der Waals surface area contributed by atoms with Gasteiger partial charge in [-0.15, -0.1) is 0 Å². The summed E-state index contributed by atoms with van der Waals surface area (Å²) in [6.45, 7) is 3.88. The SMILES string of the molecule is [CH2]CC(Br)(Br)C(Br)(Br)C(Br)(Br)C(Br)(Br)Br. The summed E-state index contributed by atoms with van der Waals surface area (Å²) in [5.41, 5.74) is 0. The van der Waals surface area contributed by atoms with Crippen LogP contribution in [0.2, 0.25) is 0 Å². The van der Waals surface area contributed by atoms with Crippen molar-refractivity contribution in [1.29, 1.82) is 0 Å². The maximum Gasteiger partial charge on any atom is 0.162 e. The van der Waals surface area contributed by atoms with E-state index < -0.39 is 11.8 Å². The van der Waals surface area contributed by atoms with Crippen LogP contribution in [-0.2, 0) is 0 Å². The second kappa shape index (κ2) is 6.39. The molecule has 0 amide bonds. The third-order valence-electron chi connectivity index (χ3n) is 1.52. The zero-order valence-electron chi connectivity index (χ0n) is 6.82. The highest BCUT2D eigenvalue weighted by molar-refractivity contribution is 9.42. The Morgan fingerprint density at radius 1 is 0.667 bits per heavy atom. The van der Waals surface area contributed by atoms with E-state index in [-0.39, 0.29) is 0 Å². The lowest BCUT2D eigenvalue weighted by atomic mass is 10.2. The number of halogens is 9. The van der Waals surface area contributed by atoms with Crippen LogP contribution < -0.4 is 0 Å². The molecule has 0 aliphatic carbocycles. The van der Waals surface area contributed by atoms with Crippen molar-refractivity contribution in [3.63, 3.8) is 0 Å². The van der Waals surface area contributed by atoms with Crippen LogP contribution >= 0.6 is 143 Å². The lowest BCUT2D eigenvalue weighted by molar-refractivity contribution is 0.707. The smallest absolute Gasteiger partial charge is 0.0701 e. The molecule has 15 heavy (non-hydrogen) atoms. The van der Waals surface area contributed by atoms with Crippen LogP contribution in [0.3, 0.4) is 0 Å². The molecule has 1 radical (unpaired) electrons. The molecule has 0 fully saturated rings. The first-order valence-corrected chi connectivity index (χ1v) is 10.4. The van der Waals surface area contributed by atoms with Crippen molar-refractivity contribution in [2.45, 2.75) is 18.3 Å². The van der Waals surface area contributed by atoms with Gasteiger partial charge in [0, 0.05) is 0 Å². The molecule has 0 saturated carbocycles. The second-order valence-electron chi connectivity index (χ2n) is 2.60. The normalized spacial score (nSPS) is 15.6. The zero-order valence-corrected chi connectivity index (χ0v) is 21.1. The van der Waals surface area contributed by atoms with Gasteiger partial charge in [-0.2, -0.15) is 0 Å². The zero-order chi connectivity index (χ0) is 12.7. The molecule has 0 nitrogen and oxygen atoms in total. The Kier molecular flexibility index (Phi) is 8.23. The van der Waals surface area contributed by atoms with Gasteiger partial charge in [0.25, 0.3) is 0 Å². The molecule has 0 aromatic heterocycles. The first kappa shape index (κ1) is 19.3. The Bertz CT molecular complexity index is 225. The van der Waals surface area contributed by atoms with E-state index in [4.69, 9.17) is 0 Å². The second-order valence-corrected chi connectivity index (χ2v) is 20.0. The van der Waals surface area contributed by atoms with Crippen molar-refractivity contribution < 1.29 is 0 Å². The maximum absolute atomic E-state index is 3.88. The number of hydrogen-bond acceptors (Lipinski definition) is 0. The minimum atomic E-state index is -0.606. The summed E-state index contributed by atoms with van der Waals surface area (Å²) in [6, 6.07) is 0. The fourth-order valence-corrected chi connectivity index (χ4v) is 6.38. The summed E-state index contributed by atoms with van der Waals surface area (Å²) in [4.78, 5) is 0. The van der Waals surface area contributed by atoms with Gasteiger partial charge in [0.2, 0.25) is 0 Å². The molecule has 0 aliphatic heterocycles. The molecule has 9 heteroatoms. The van der Waals surface area contributed by atoms with E-state index in [2.05, 4.69) is 150 Å². The van der Waals surface area contributed by atoms with Crippen molar-refractivity contribution in [2.75, 3.05) is 0 Å². The molecule has 0 aromatic carbocycles. The van der Waals surface area contributed by atoms with Crippen molar-refractivity contribution in [3.8, 4) is 0 Å². The van der Waals surface area contributed by atoms with Gasteiger partial charge < -0.3 is 0 Å². The van der Waals surface area contributed by atoms with Crippen LogP contribution in [0.15, 0.2) is 0 Å². The first-order chi connectivity index (χ1) is 6.31. The molecule has 0 rings (SSSR count). The fraction of sp³-hybridized carbons (Fsp3) is 0.833. The summed E-state index contributed by atoms with van der Waals surface area (Å²) in [7, 11) is 0. The molecule has 0 N–H and O–H groups in total. The van der Waals surface area contributed by atoms with Crippen molar-refractivity contribution in [2.24, 2.45) is 0 Å². The van der Waals surface area contributed by atoms with Gasteiger partial charge in [-0.25, -0.2) is 0 Å². The Balaban J connectivity index is 5.38. The lowest BCUT2D eigenvalue weighted by Gasteiger charge is -2.46. The Labute approximate surface area is 165 Å². The predicted molar refractivity (Wildman–Crippen MR) is 101 cm³/mol. The summed E-state index contributed by atoms with van der Waals surface area (Å²) >= 11 is 32.0. The number of hydrogen-bond donors (Lipinski definition) is 0. The average molecular weight is 795 g/mol. The molecule has 0 bridgehead atoms. The van der Waals surface area contributed by atoms with E-state index in [1.807, 2.05) is 0 Å². The molecule has 0 saturated heterocycles. The molecule has 0 aliphatic rings. The van der Waals surface area contributed by atoms with Crippen LogP contribution in [-0.4, -0.2) is 11.8 Å². The van der Waals surface area contributed by atoms with Gasteiger partial charge in [0.15, 0.2) is 2.14 Å². The molecule has 0 heterocycles. The van der Waals surface area contributed by atoms with E-state index in [1.165, 1.54) is 0 Å². The van der Waals surface area contributed by atoms with Crippen LogP contribution in [0, 0.1) is 6.92 Å². The van der Waals surface area contributed by atoms with Gasteiger partial charge in [-0.05, 0) is 6.42 Å². The van der Waals surface area contributed by atoms with Gasteiger partial charge in [-0.3, -0.25) is 0 Å². The largest absolute Gasteiger partial charge is 0.162 e. The highest BCUT2D eigenvalue weighted by atomic mass is 80.0. The Morgan fingerprint density at radius 3 is 1.20 bits per heavy atom. The van der Waals surface area contributed by atoms with Crippen molar-refractivity contribution in [3.05, 3.63) is 6.92 Å². The summed E-state index contributed by atoms with van der Waals surface area (Å²) in [6.07, 6.45) is 0.603. The molecule has 0 atom stereocenters. The van der Waals surface area contributed by atoms with E-state index >= 15 is 0 Å². The van der Waals surface area contributed by atoms with Crippen LogP contribution in [0.25, 0.3) is 0 Å². The Hall–Kier alpha value is 4.32. The van der Waals surface area contributed by atoms with E-state index in [1.54, 1.807) is 0 Å². The van der Waals surface area contributed by atoms with Crippen LogP contribution in [0.5, 0.6) is 0 Å². The van der Waals surface area contributed by atoms with Gasteiger partial charge in [0.1, 0.15) is 9.70 Å². The minimum Gasteiger partial charge on any atom is -0.0701 e. The average Bonchev–Trinajstić information content (AvgIpc) is 2.01. The van der Waals surface area contributed by atoms with E-state index in [9.17, 15) is 0 Å². The van der Waals surface area contributed by atoms with Crippen molar-refractivity contribution in [1.82, 2.24) is 0 Å². The topological polar surface area (TPSA) is 0 Å². The van der Waals surface area contributed by atoms with E-state index in [0.717, 1.165) is 0 Å². The maximum atomic E-state index is 3.88. The number of alkyl halides is 9. The number of rotatable bonds is 3. The fourth-order valence-electron chi connectivity index (χ4n) is 0.565. The van der Waals surface area contributed by atoms with Gasteiger partial charge in [-0.1, -0.05) is 150 Å². The molecule has 91 valence electrons. The third-order valence-corrected chi connectivity index (χ3v) is 17.7. The molecule has 0 aromatic rings. The lowest BCUT2D eigenvalue weighted by Crippen LogP contribution is -2.53. The highest BCUT2D eigenvalue weighted by Crippen LogP contribution is 2.68. The summed E-state index contributed by atoms with van der Waals surface area (Å²) in [5.74, 6) is 0. The van der Waals surface area contributed by atoms with Crippen LogP contribution in [0.1, 0.15) is 6.42 Å². The van der Waals surface area contributed by atoms with Crippen LogP contribution in [0.4, 0.5) is 0 Å². The monoisotopic (exact) mass is 786 g/mol. The predicted octanol–water partition coefficient (Wildman–Crippen LogP) is 7.51. The molecular weight excluding hydrogens is 791 g/mol. The molecule has 0 spiro atoms. The van der Waals surface area contributed by atoms with Gasteiger partial charge in [0.05, 0.1) is 0 Å². The summed E-state index contributed by atoms with van der Waals surface area (Å²) < 4.78 is -2.22. The minimum absolute atomic E-state index is 0.458. The molecule has 0 unspecified atom stereocenters. The van der Waals surface area contributed by atoms with Gasteiger partial charge >= 0.3 is 0 Å². The van der Waals surface area contributed by atoms with Crippen molar-refractivity contribution >= 4 is 143 Å². The Morgan fingerprint density at radius 2 is 1.00 bits per heavy atom. The molecular formula is C6H4Br9. The highest BCUT2D eigenvalue weighted by Gasteiger charge is 2.63.